The molecule has 1 aliphatic rings. The second-order valence-electron chi connectivity index (χ2n) is 7.95. The van der Waals surface area contributed by atoms with Crippen LogP contribution in [-0.4, -0.2) is 50.9 Å². The summed E-state index contributed by atoms with van der Waals surface area (Å²) in [7, 11) is -3.88. The zero-order chi connectivity index (χ0) is 23.5. The van der Waals surface area contributed by atoms with Gasteiger partial charge >= 0.3 is 5.97 Å². The number of hydrogen-bond acceptors (Lipinski definition) is 5. The van der Waals surface area contributed by atoms with Crippen LogP contribution in [0.2, 0.25) is 0 Å². The van der Waals surface area contributed by atoms with Crippen LogP contribution in [0.5, 0.6) is 0 Å². The second kappa shape index (κ2) is 9.56. The lowest BCUT2D eigenvalue weighted by molar-refractivity contribution is -0.133. The van der Waals surface area contributed by atoms with Crippen LogP contribution in [0.3, 0.4) is 0 Å². The van der Waals surface area contributed by atoms with Crippen LogP contribution >= 0.6 is 0 Å². The Bertz CT molecular complexity index is 1140. The minimum Gasteiger partial charge on any atom is -0.452 e. The van der Waals surface area contributed by atoms with Crippen molar-refractivity contribution in [3.63, 3.8) is 0 Å². The monoisotopic (exact) mass is 456 g/mol. The number of benzene rings is 2. The smallest absolute Gasteiger partial charge is 0.338 e. The molecule has 0 fully saturated rings. The first-order valence-electron chi connectivity index (χ1n) is 10.5. The van der Waals surface area contributed by atoms with Crippen LogP contribution < -0.4 is 4.31 Å². The lowest BCUT2D eigenvalue weighted by Gasteiger charge is -2.24. The summed E-state index contributed by atoms with van der Waals surface area (Å²) >= 11 is 0. The number of anilines is 1. The van der Waals surface area contributed by atoms with E-state index >= 15 is 0 Å². The topological polar surface area (TPSA) is 84.0 Å². The van der Waals surface area contributed by atoms with Crippen molar-refractivity contribution in [1.29, 1.82) is 0 Å². The molecule has 8 heteroatoms. The number of carbonyl (C=O) groups excluding carboxylic acids is 2. The van der Waals surface area contributed by atoms with Crippen LogP contribution in [-0.2, 0) is 26.0 Å². The number of amides is 1. The number of fused-ring (bicyclic) bond motifs is 1. The predicted molar refractivity (Wildman–Crippen MR) is 123 cm³/mol. The standard InChI is InChI=1S/C24H28N2O5S/c1-5-25(15-17(2)3)23(27)16-31-24(28)20-10-8-11-21(14-20)32(29,30)26-18(4)13-19-9-6-7-12-22(19)26/h6-12,14,18H,2,5,13,15-16H2,1,3-4H3. The van der Waals surface area contributed by atoms with Crippen molar-refractivity contribution in [3.05, 3.63) is 71.8 Å². The molecule has 2 aromatic carbocycles. The Kier molecular flexibility index (Phi) is 7.03. The lowest BCUT2D eigenvalue weighted by Crippen LogP contribution is -2.36. The van der Waals surface area contributed by atoms with E-state index < -0.39 is 22.6 Å². The van der Waals surface area contributed by atoms with Crippen LogP contribution in [0.1, 0.15) is 36.7 Å². The van der Waals surface area contributed by atoms with Crippen molar-refractivity contribution < 1.29 is 22.7 Å². The van der Waals surface area contributed by atoms with Crippen molar-refractivity contribution >= 4 is 27.6 Å². The highest BCUT2D eigenvalue weighted by Gasteiger charge is 2.36. The highest BCUT2D eigenvalue weighted by atomic mass is 32.2. The first kappa shape index (κ1) is 23.5. The lowest BCUT2D eigenvalue weighted by atomic mass is 10.1. The van der Waals surface area contributed by atoms with Crippen LogP contribution in [0.15, 0.2) is 65.6 Å². The van der Waals surface area contributed by atoms with E-state index in [1.54, 1.807) is 12.1 Å². The molecule has 1 aliphatic heterocycles. The summed E-state index contributed by atoms with van der Waals surface area (Å²) in [5.41, 5.74) is 2.51. The molecule has 0 bridgehead atoms. The summed E-state index contributed by atoms with van der Waals surface area (Å²) in [4.78, 5) is 26.4. The quantitative estimate of drug-likeness (QED) is 0.449. The second-order valence-corrected chi connectivity index (χ2v) is 9.77. The maximum absolute atomic E-state index is 13.4. The van der Waals surface area contributed by atoms with Gasteiger partial charge in [0.25, 0.3) is 15.9 Å². The van der Waals surface area contributed by atoms with Crippen molar-refractivity contribution in [2.24, 2.45) is 0 Å². The van der Waals surface area contributed by atoms with Gasteiger partial charge in [0.1, 0.15) is 0 Å². The van der Waals surface area contributed by atoms with Gasteiger partial charge in [0, 0.05) is 19.1 Å². The van der Waals surface area contributed by atoms with Gasteiger partial charge in [0.05, 0.1) is 16.1 Å². The van der Waals surface area contributed by atoms with Crippen molar-refractivity contribution in [2.75, 3.05) is 24.0 Å². The van der Waals surface area contributed by atoms with E-state index in [0.717, 1.165) is 11.1 Å². The third-order valence-corrected chi connectivity index (χ3v) is 7.22. The summed E-state index contributed by atoms with van der Waals surface area (Å²) < 4.78 is 33.3. The molecule has 0 N–H and O–H groups in total. The number of ether oxygens (including phenoxy) is 1. The Morgan fingerprint density at radius 2 is 1.91 bits per heavy atom. The Labute approximate surface area is 189 Å². The van der Waals surface area contributed by atoms with Gasteiger partial charge in [0.15, 0.2) is 6.61 Å². The van der Waals surface area contributed by atoms with E-state index in [0.29, 0.717) is 25.2 Å². The van der Waals surface area contributed by atoms with Crippen LogP contribution in [0.25, 0.3) is 0 Å². The summed E-state index contributed by atoms with van der Waals surface area (Å²) in [6.45, 7) is 9.71. The molecular formula is C24H28N2O5S. The average molecular weight is 457 g/mol. The van der Waals surface area contributed by atoms with E-state index in [9.17, 15) is 18.0 Å². The third kappa shape index (κ3) is 4.85. The molecule has 0 aliphatic carbocycles. The number of sulfonamides is 1. The summed E-state index contributed by atoms with van der Waals surface area (Å²) in [5, 5.41) is 0. The van der Waals surface area contributed by atoms with Gasteiger partial charge in [-0.3, -0.25) is 9.10 Å². The Morgan fingerprint density at radius 3 is 2.59 bits per heavy atom. The molecule has 2 aromatic rings. The minimum absolute atomic E-state index is 0.000651. The highest BCUT2D eigenvalue weighted by molar-refractivity contribution is 7.92. The maximum Gasteiger partial charge on any atom is 0.338 e. The molecule has 0 aromatic heterocycles. The molecule has 32 heavy (non-hydrogen) atoms. The molecule has 170 valence electrons. The van der Waals surface area contributed by atoms with Crippen molar-refractivity contribution in [3.8, 4) is 0 Å². The van der Waals surface area contributed by atoms with Crippen LogP contribution in [0, 0.1) is 0 Å². The Hall–Kier alpha value is -3.13. The molecule has 1 heterocycles. The number of carbonyl (C=O) groups is 2. The number of hydrogen-bond donors (Lipinski definition) is 0. The maximum atomic E-state index is 13.4. The van der Waals surface area contributed by atoms with Gasteiger partial charge in [0.2, 0.25) is 0 Å². The van der Waals surface area contributed by atoms with Gasteiger partial charge in [-0.15, -0.1) is 0 Å². The molecule has 3 rings (SSSR count). The number of rotatable bonds is 8. The largest absolute Gasteiger partial charge is 0.452 e. The first-order chi connectivity index (χ1) is 15.1. The fourth-order valence-corrected chi connectivity index (χ4v) is 5.54. The molecule has 0 spiro atoms. The number of esters is 1. The predicted octanol–water partition coefficient (Wildman–Crippen LogP) is 3.41. The molecule has 0 radical (unpaired) electrons. The Morgan fingerprint density at radius 1 is 1.19 bits per heavy atom. The SMILES string of the molecule is C=C(C)CN(CC)C(=O)COC(=O)c1cccc(S(=O)(=O)N2c3ccccc3CC2C)c1. The molecule has 1 unspecified atom stereocenters. The van der Waals surface area contributed by atoms with Gasteiger partial charge in [-0.05, 0) is 57.0 Å². The normalized spacial score (nSPS) is 15.2. The molecule has 1 atom stereocenters. The zero-order valence-electron chi connectivity index (χ0n) is 18.6. The van der Waals surface area contributed by atoms with E-state index in [1.165, 1.54) is 33.5 Å². The van der Waals surface area contributed by atoms with Gasteiger partial charge in [-0.2, -0.15) is 0 Å². The van der Waals surface area contributed by atoms with Crippen molar-refractivity contribution in [1.82, 2.24) is 4.90 Å². The van der Waals surface area contributed by atoms with Gasteiger partial charge in [-0.1, -0.05) is 36.4 Å². The first-order valence-corrected chi connectivity index (χ1v) is 11.9. The number of nitrogens with zero attached hydrogens (tertiary/aromatic N) is 2. The van der Waals surface area contributed by atoms with E-state index in [4.69, 9.17) is 4.74 Å². The Balaban J connectivity index is 1.77. The number of likely N-dealkylation sites (N-methyl/N-ethyl adjacent to an activating group) is 1. The molecule has 1 amide bonds. The van der Waals surface area contributed by atoms with E-state index in [1.807, 2.05) is 32.9 Å². The zero-order valence-corrected chi connectivity index (χ0v) is 19.4. The summed E-state index contributed by atoms with van der Waals surface area (Å²) in [5.74, 6) is -1.09. The number of para-hydroxylation sites is 1. The highest BCUT2D eigenvalue weighted by Crippen LogP contribution is 2.36. The molecule has 7 nitrogen and oxygen atoms in total. The third-order valence-electron chi connectivity index (χ3n) is 5.29. The van der Waals surface area contributed by atoms with E-state index in [2.05, 4.69) is 6.58 Å². The van der Waals surface area contributed by atoms with Crippen molar-refractivity contribution in [2.45, 2.75) is 38.1 Å². The van der Waals surface area contributed by atoms with Crippen LogP contribution in [0.4, 0.5) is 5.69 Å². The minimum atomic E-state index is -3.88. The molecular weight excluding hydrogens is 428 g/mol. The summed E-state index contributed by atoms with van der Waals surface area (Å²) in [6.07, 6.45) is 0.622. The van der Waals surface area contributed by atoms with Gasteiger partial charge < -0.3 is 9.64 Å². The fourth-order valence-electron chi connectivity index (χ4n) is 3.80. The van der Waals surface area contributed by atoms with Gasteiger partial charge in [-0.25, -0.2) is 13.2 Å². The van der Waals surface area contributed by atoms with E-state index in [-0.39, 0.29) is 22.4 Å². The fraction of sp³-hybridized carbons (Fsp3) is 0.333. The molecule has 0 saturated carbocycles. The average Bonchev–Trinajstić information content (AvgIpc) is 3.11. The summed E-state index contributed by atoms with van der Waals surface area (Å²) in [6, 6.07) is 12.9. The molecule has 0 saturated heterocycles.